The van der Waals surface area contributed by atoms with Crippen molar-refractivity contribution < 1.29 is 28.7 Å². The number of imidazole rings is 1. The van der Waals surface area contributed by atoms with E-state index in [4.69, 9.17) is 15.2 Å². The molecular weight excluding hydrogens is 477 g/mol. The number of anilines is 1. The molecule has 5 N–H and O–H groups in total. The second-order valence-corrected chi connectivity index (χ2v) is 11.2. The van der Waals surface area contributed by atoms with Crippen molar-refractivity contribution in [3.05, 3.63) is 12.7 Å². The Hall–Kier alpha value is -2.60. The van der Waals surface area contributed by atoms with Gasteiger partial charge >= 0.3 is 11.9 Å². The molecule has 13 nitrogen and oxygen atoms in total. The summed E-state index contributed by atoms with van der Waals surface area (Å²) in [7, 11) is -3.72. The zero-order valence-electron chi connectivity index (χ0n) is 20.9. The molecule has 2 aromatic heterocycles. The van der Waals surface area contributed by atoms with Crippen LogP contribution < -0.4 is 15.9 Å². The largest absolute Gasteiger partial charge is 0.480 e. The Bertz CT molecular complexity index is 1060. The van der Waals surface area contributed by atoms with Crippen LogP contribution in [-0.4, -0.2) is 67.2 Å². The second-order valence-electron chi connectivity index (χ2n) is 8.94. The molecule has 0 saturated heterocycles. The van der Waals surface area contributed by atoms with Crippen LogP contribution in [0.3, 0.4) is 0 Å². The van der Waals surface area contributed by atoms with Crippen molar-refractivity contribution in [1.82, 2.24) is 29.7 Å². The zero-order valence-corrected chi connectivity index (χ0v) is 21.7. The molecule has 0 amide bonds. The van der Waals surface area contributed by atoms with Crippen molar-refractivity contribution in [3.8, 4) is 0 Å². The molecule has 14 heteroatoms. The van der Waals surface area contributed by atoms with Crippen LogP contribution in [0.15, 0.2) is 12.7 Å². The van der Waals surface area contributed by atoms with Gasteiger partial charge in [-0.1, -0.05) is 19.8 Å². The third kappa shape index (κ3) is 8.24. The van der Waals surface area contributed by atoms with Gasteiger partial charge in [0.15, 0.2) is 11.5 Å². The van der Waals surface area contributed by atoms with Crippen molar-refractivity contribution in [3.63, 3.8) is 0 Å². The summed E-state index contributed by atoms with van der Waals surface area (Å²) >= 11 is 0. The molecule has 0 aliphatic rings. The maximum Gasteiger partial charge on any atom is 0.323 e. The summed E-state index contributed by atoms with van der Waals surface area (Å²) in [5.41, 5.74) is 5.26. The summed E-state index contributed by atoms with van der Waals surface area (Å²) in [6.07, 6.45) is 4.69. The van der Waals surface area contributed by atoms with Crippen molar-refractivity contribution in [2.24, 2.45) is 0 Å². The van der Waals surface area contributed by atoms with E-state index >= 15 is 0 Å². The molecule has 0 aromatic carbocycles. The standard InChI is InChI=1S/C21H36N7O6P/c1-6-7-8-9-33-19(29)15(3)26-35(32,27-21(4,5)20(30)31)13-34-14(2)10-28-12-25-16-17(22)23-11-24-18(16)28/h11-12,14-15H,6-10,13H2,1-5H3,(H,30,31)(H2,22,23,24)(H2,26,27,32). The van der Waals surface area contributed by atoms with Gasteiger partial charge in [0.1, 0.15) is 29.8 Å². The molecular formula is C21H36N7O6P. The Labute approximate surface area is 204 Å². The predicted molar refractivity (Wildman–Crippen MR) is 131 cm³/mol. The van der Waals surface area contributed by atoms with Gasteiger partial charge in [-0.3, -0.25) is 14.2 Å². The van der Waals surface area contributed by atoms with Gasteiger partial charge < -0.3 is 24.9 Å². The number of unbranched alkanes of at least 4 members (excludes halogenated alkanes) is 2. The lowest BCUT2D eigenvalue weighted by atomic mass is 10.1. The molecule has 0 radical (unpaired) electrons. The minimum Gasteiger partial charge on any atom is -0.480 e. The van der Waals surface area contributed by atoms with Crippen LogP contribution in [0.2, 0.25) is 0 Å². The van der Waals surface area contributed by atoms with Crippen molar-refractivity contribution in [2.45, 2.75) is 78.1 Å². The maximum atomic E-state index is 13.7. The number of nitrogens with one attached hydrogen (secondary N) is 2. The summed E-state index contributed by atoms with van der Waals surface area (Å²) in [4.78, 5) is 36.3. The van der Waals surface area contributed by atoms with Crippen LogP contribution in [0, 0.1) is 0 Å². The summed E-state index contributed by atoms with van der Waals surface area (Å²) in [5, 5.41) is 14.9. The molecule has 0 aliphatic heterocycles. The number of hydrogen-bond donors (Lipinski definition) is 4. The Kier molecular flexibility index (Phi) is 10.1. The van der Waals surface area contributed by atoms with Gasteiger partial charge in [0.25, 0.3) is 0 Å². The zero-order chi connectivity index (χ0) is 26.2. The van der Waals surface area contributed by atoms with E-state index in [0.29, 0.717) is 17.7 Å². The molecule has 0 saturated carbocycles. The normalized spacial score (nSPS) is 15.5. The number of aromatic nitrogens is 4. The van der Waals surface area contributed by atoms with Crippen LogP contribution in [0.5, 0.6) is 0 Å². The van der Waals surface area contributed by atoms with E-state index in [1.165, 1.54) is 27.1 Å². The number of fused-ring (bicyclic) bond motifs is 1. The Balaban J connectivity index is 2.08. The quantitative estimate of drug-likeness (QED) is 0.155. The Morgan fingerprint density at radius 3 is 2.63 bits per heavy atom. The number of rotatable bonds is 15. The number of esters is 1. The Morgan fingerprint density at radius 1 is 1.26 bits per heavy atom. The molecule has 0 spiro atoms. The molecule has 2 heterocycles. The maximum absolute atomic E-state index is 13.7. The number of nitrogens with zero attached hydrogens (tertiary/aromatic N) is 4. The molecule has 2 aromatic rings. The first kappa shape index (κ1) is 28.6. The first-order valence-corrected chi connectivity index (χ1v) is 13.4. The number of nitrogen functional groups attached to an aromatic ring is 1. The van der Waals surface area contributed by atoms with Gasteiger partial charge in [-0.05, 0) is 34.1 Å². The predicted octanol–water partition coefficient (Wildman–Crippen LogP) is 2.13. The van der Waals surface area contributed by atoms with E-state index in [9.17, 15) is 19.3 Å². The molecule has 0 fully saturated rings. The van der Waals surface area contributed by atoms with Crippen LogP contribution in [0.4, 0.5) is 5.82 Å². The van der Waals surface area contributed by atoms with Gasteiger partial charge in [-0.25, -0.2) is 25.1 Å². The SMILES string of the molecule is CCCCCOC(=O)C(C)NP(=O)(COC(C)Cn1cnc2c(N)ncnc21)NC(C)(C)C(=O)O. The van der Waals surface area contributed by atoms with Gasteiger partial charge in [0, 0.05) is 0 Å². The summed E-state index contributed by atoms with van der Waals surface area (Å²) in [6.45, 7) is 8.63. The molecule has 0 bridgehead atoms. The molecule has 3 unspecified atom stereocenters. The van der Waals surface area contributed by atoms with Gasteiger partial charge in [0.05, 0.1) is 25.6 Å². The molecule has 0 aliphatic carbocycles. The van der Waals surface area contributed by atoms with Gasteiger partial charge in [-0.15, -0.1) is 0 Å². The lowest BCUT2D eigenvalue weighted by Crippen LogP contribution is -2.49. The number of carbonyl (C=O) groups is 2. The van der Waals surface area contributed by atoms with Crippen LogP contribution in [0.1, 0.15) is 53.9 Å². The van der Waals surface area contributed by atoms with Crippen molar-refractivity contribution in [1.29, 1.82) is 0 Å². The average molecular weight is 514 g/mol. The van der Waals surface area contributed by atoms with E-state index in [0.717, 1.165) is 19.3 Å². The minimum absolute atomic E-state index is 0.256. The third-order valence-corrected chi connectivity index (χ3v) is 7.40. The highest BCUT2D eigenvalue weighted by atomic mass is 31.2. The molecule has 196 valence electrons. The fourth-order valence-electron chi connectivity index (χ4n) is 3.21. The lowest BCUT2D eigenvalue weighted by molar-refractivity contribution is -0.145. The van der Waals surface area contributed by atoms with Crippen molar-refractivity contribution in [2.75, 3.05) is 18.7 Å². The number of hydrogen-bond acceptors (Lipinski definition) is 9. The average Bonchev–Trinajstić information content (AvgIpc) is 3.18. The fourth-order valence-corrected chi connectivity index (χ4v) is 5.61. The summed E-state index contributed by atoms with van der Waals surface area (Å²) < 4.78 is 26.5. The highest BCUT2D eigenvalue weighted by molar-refractivity contribution is 7.59. The Morgan fingerprint density at radius 2 is 1.97 bits per heavy atom. The smallest absolute Gasteiger partial charge is 0.323 e. The van der Waals surface area contributed by atoms with E-state index in [1.54, 1.807) is 17.8 Å². The second kappa shape index (κ2) is 12.4. The first-order chi connectivity index (χ1) is 16.4. The number of ether oxygens (including phenoxy) is 2. The van der Waals surface area contributed by atoms with Gasteiger partial charge in [-0.2, -0.15) is 0 Å². The van der Waals surface area contributed by atoms with Crippen molar-refractivity contribution >= 4 is 36.4 Å². The summed E-state index contributed by atoms with van der Waals surface area (Å²) in [6, 6.07) is -0.948. The first-order valence-electron chi connectivity index (χ1n) is 11.5. The topological polar surface area (TPSA) is 184 Å². The minimum atomic E-state index is -3.72. The number of aliphatic carboxylic acids is 1. The number of carboxylic acids is 1. The fraction of sp³-hybridized carbons (Fsp3) is 0.667. The highest BCUT2D eigenvalue weighted by Crippen LogP contribution is 2.40. The molecule has 2 rings (SSSR count). The van der Waals surface area contributed by atoms with E-state index in [2.05, 4.69) is 25.1 Å². The summed E-state index contributed by atoms with van der Waals surface area (Å²) in [5.74, 6) is -1.53. The monoisotopic (exact) mass is 513 g/mol. The number of carboxylic acid groups (broad SMARTS) is 1. The third-order valence-electron chi connectivity index (χ3n) is 5.17. The molecule has 35 heavy (non-hydrogen) atoms. The molecule has 3 atom stereocenters. The van der Waals surface area contributed by atoms with Crippen LogP contribution >= 0.6 is 7.44 Å². The van der Waals surface area contributed by atoms with E-state index in [-0.39, 0.29) is 18.8 Å². The van der Waals surface area contributed by atoms with E-state index < -0.39 is 37.1 Å². The van der Waals surface area contributed by atoms with Crippen LogP contribution in [0.25, 0.3) is 11.2 Å². The van der Waals surface area contributed by atoms with Crippen LogP contribution in [-0.2, 0) is 30.2 Å². The number of nitrogens with two attached hydrogens (primary N) is 1. The lowest BCUT2D eigenvalue weighted by Gasteiger charge is -2.31. The van der Waals surface area contributed by atoms with E-state index in [1.807, 2.05) is 6.92 Å². The number of carbonyl (C=O) groups excluding carboxylic acids is 1. The highest BCUT2D eigenvalue weighted by Gasteiger charge is 2.38. The van der Waals surface area contributed by atoms with Gasteiger partial charge in [0.2, 0.25) is 7.44 Å².